The average molecular weight is 467 g/mol. The number of hydrogen-bond donors (Lipinski definition) is 0. The van der Waals surface area contributed by atoms with Crippen LogP contribution in [-0.2, 0) is 22.6 Å². The molecule has 7 heteroatoms. The van der Waals surface area contributed by atoms with E-state index in [1.54, 1.807) is 16.2 Å². The number of fused-ring (bicyclic) bond motifs is 1. The summed E-state index contributed by atoms with van der Waals surface area (Å²) >= 11 is 2.81. The lowest BCUT2D eigenvalue weighted by Gasteiger charge is -2.29. The second kappa shape index (κ2) is 9.00. The van der Waals surface area contributed by atoms with Crippen LogP contribution in [0.1, 0.15) is 38.3 Å². The van der Waals surface area contributed by atoms with Crippen molar-refractivity contribution in [2.75, 3.05) is 11.4 Å². The molecule has 166 valence electrons. The number of hydrogen-bond acceptors (Lipinski definition) is 5. The first-order chi connectivity index (χ1) is 15.2. The van der Waals surface area contributed by atoms with E-state index >= 15 is 0 Å². The lowest BCUT2D eigenvalue weighted by atomic mass is 9.91. The highest BCUT2D eigenvalue weighted by Gasteiger charge is 2.24. The topological polar surface area (TPSA) is 59.4 Å². The molecule has 0 bridgehead atoms. The molecule has 4 rings (SSSR count). The molecule has 0 spiro atoms. The number of anilines is 1. The number of thiazole rings is 1. The SMILES string of the molecule is CC(C)(C)C(=O)/C=c1\s/c(=C/c2ccsc2)c(=O)n1CC(=O)N1CCCc2ccccc21. The van der Waals surface area contributed by atoms with E-state index in [2.05, 4.69) is 0 Å². The van der Waals surface area contributed by atoms with Gasteiger partial charge in [0.1, 0.15) is 11.2 Å². The fraction of sp³-hybridized carbons (Fsp3) is 0.320. The Balaban J connectivity index is 1.77. The molecule has 1 aliphatic heterocycles. The Morgan fingerprint density at radius 3 is 2.66 bits per heavy atom. The maximum atomic E-state index is 13.3. The molecule has 0 fully saturated rings. The van der Waals surface area contributed by atoms with Crippen molar-refractivity contribution >= 4 is 52.2 Å². The van der Waals surface area contributed by atoms with Crippen molar-refractivity contribution in [1.82, 2.24) is 4.57 Å². The summed E-state index contributed by atoms with van der Waals surface area (Å²) in [6.45, 7) is 6.06. The third-order valence-corrected chi connectivity index (χ3v) is 7.24. The third-order valence-electron chi connectivity index (χ3n) is 5.48. The van der Waals surface area contributed by atoms with E-state index in [1.165, 1.54) is 22.0 Å². The van der Waals surface area contributed by atoms with Crippen molar-refractivity contribution < 1.29 is 9.59 Å². The minimum absolute atomic E-state index is 0.0784. The number of Topliss-reactive ketones (excluding diaryl/α,β-unsaturated/α-hetero) is 1. The highest BCUT2D eigenvalue weighted by atomic mass is 32.1. The van der Waals surface area contributed by atoms with Gasteiger partial charge in [-0.25, -0.2) is 0 Å². The number of amides is 1. The smallest absolute Gasteiger partial charge is 0.269 e. The van der Waals surface area contributed by atoms with Gasteiger partial charge in [-0.2, -0.15) is 11.3 Å². The van der Waals surface area contributed by atoms with E-state index in [-0.39, 0.29) is 23.8 Å². The minimum atomic E-state index is -0.572. The van der Waals surface area contributed by atoms with Crippen LogP contribution in [0.3, 0.4) is 0 Å². The molecule has 0 unspecified atom stereocenters. The lowest BCUT2D eigenvalue weighted by molar-refractivity contribution is -0.120. The van der Waals surface area contributed by atoms with E-state index in [0.717, 1.165) is 29.7 Å². The van der Waals surface area contributed by atoms with Crippen LogP contribution in [0.2, 0.25) is 0 Å². The summed E-state index contributed by atoms with van der Waals surface area (Å²) in [5, 5.41) is 3.91. The summed E-state index contributed by atoms with van der Waals surface area (Å²) in [7, 11) is 0. The number of aromatic nitrogens is 1. The molecule has 0 radical (unpaired) electrons. The Hall–Kier alpha value is -2.77. The number of nitrogens with zero attached hydrogens (tertiary/aromatic N) is 2. The van der Waals surface area contributed by atoms with Crippen LogP contribution in [0.5, 0.6) is 0 Å². The summed E-state index contributed by atoms with van der Waals surface area (Å²) in [6.07, 6.45) is 5.16. The Labute approximate surface area is 194 Å². The first-order valence-corrected chi connectivity index (χ1v) is 12.4. The molecule has 1 aliphatic rings. The summed E-state index contributed by atoms with van der Waals surface area (Å²) in [4.78, 5) is 41.0. The second-order valence-electron chi connectivity index (χ2n) is 8.93. The number of para-hydroxylation sites is 1. The van der Waals surface area contributed by atoms with Crippen LogP contribution in [0.25, 0.3) is 12.2 Å². The number of ketones is 1. The average Bonchev–Trinajstić information content (AvgIpc) is 3.37. The van der Waals surface area contributed by atoms with Crippen LogP contribution in [0.4, 0.5) is 5.69 Å². The van der Waals surface area contributed by atoms with Crippen molar-refractivity contribution in [3.63, 3.8) is 0 Å². The van der Waals surface area contributed by atoms with Gasteiger partial charge in [-0.15, -0.1) is 11.3 Å². The van der Waals surface area contributed by atoms with E-state index in [0.29, 0.717) is 15.7 Å². The Bertz CT molecular complexity index is 1320. The Morgan fingerprint density at radius 1 is 1.16 bits per heavy atom. The summed E-state index contributed by atoms with van der Waals surface area (Å²) in [6, 6.07) is 9.84. The zero-order valence-electron chi connectivity index (χ0n) is 18.5. The van der Waals surface area contributed by atoms with Crippen molar-refractivity contribution in [2.24, 2.45) is 5.41 Å². The monoisotopic (exact) mass is 466 g/mol. The summed E-state index contributed by atoms with van der Waals surface area (Å²) in [5.74, 6) is -0.220. The van der Waals surface area contributed by atoms with Gasteiger partial charge >= 0.3 is 0 Å². The fourth-order valence-corrected chi connectivity index (χ4v) is 5.30. The molecule has 0 saturated heterocycles. The zero-order valence-corrected chi connectivity index (χ0v) is 20.1. The van der Waals surface area contributed by atoms with Gasteiger partial charge in [0.05, 0.1) is 4.53 Å². The van der Waals surface area contributed by atoms with E-state index < -0.39 is 5.41 Å². The molecule has 32 heavy (non-hydrogen) atoms. The van der Waals surface area contributed by atoms with Gasteiger partial charge in [0, 0.05) is 23.7 Å². The molecular formula is C25H26N2O3S2. The van der Waals surface area contributed by atoms with E-state index in [4.69, 9.17) is 0 Å². The largest absolute Gasteiger partial charge is 0.311 e. The van der Waals surface area contributed by atoms with Crippen LogP contribution in [0.15, 0.2) is 45.9 Å². The quantitative estimate of drug-likeness (QED) is 0.593. The van der Waals surface area contributed by atoms with Gasteiger partial charge in [-0.1, -0.05) is 39.0 Å². The van der Waals surface area contributed by atoms with Gasteiger partial charge in [-0.05, 0) is 52.9 Å². The van der Waals surface area contributed by atoms with Crippen LogP contribution in [-0.4, -0.2) is 22.8 Å². The van der Waals surface area contributed by atoms with Gasteiger partial charge < -0.3 is 4.90 Å². The van der Waals surface area contributed by atoms with Crippen molar-refractivity contribution in [1.29, 1.82) is 0 Å². The number of carbonyl (C=O) groups is 2. The normalized spacial score (nSPS) is 15.2. The predicted molar refractivity (Wildman–Crippen MR) is 132 cm³/mol. The van der Waals surface area contributed by atoms with Crippen molar-refractivity contribution in [3.8, 4) is 0 Å². The van der Waals surface area contributed by atoms with Gasteiger partial charge in [-0.3, -0.25) is 19.0 Å². The van der Waals surface area contributed by atoms with Crippen LogP contribution >= 0.6 is 22.7 Å². The van der Waals surface area contributed by atoms with Crippen molar-refractivity contribution in [3.05, 3.63) is 71.8 Å². The maximum Gasteiger partial charge on any atom is 0.269 e. The van der Waals surface area contributed by atoms with Crippen LogP contribution in [0, 0.1) is 5.41 Å². The van der Waals surface area contributed by atoms with E-state index in [9.17, 15) is 14.4 Å². The van der Waals surface area contributed by atoms with E-state index in [1.807, 2.05) is 67.9 Å². The highest BCUT2D eigenvalue weighted by Crippen LogP contribution is 2.26. The Morgan fingerprint density at radius 2 is 1.94 bits per heavy atom. The molecule has 1 aromatic carbocycles. The molecule has 5 nitrogen and oxygen atoms in total. The standard InChI is InChI=1S/C25H26N2O3S2/c1-25(2,3)21(28)14-23-27(24(30)20(32-23)13-17-10-12-31-16-17)15-22(29)26-11-6-8-18-7-4-5-9-19(18)26/h4-5,7,9-10,12-14,16H,6,8,11,15H2,1-3H3/b20-13+,23-14-. The molecule has 0 N–H and O–H groups in total. The van der Waals surface area contributed by atoms with Gasteiger partial charge in [0.2, 0.25) is 5.91 Å². The molecule has 3 heterocycles. The minimum Gasteiger partial charge on any atom is -0.311 e. The highest BCUT2D eigenvalue weighted by molar-refractivity contribution is 7.08. The number of carbonyl (C=O) groups excluding carboxylic acids is 2. The zero-order chi connectivity index (χ0) is 22.9. The number of thiophene rings is 1. The lowest BCUT2D eigenvalue weighted by Crippen LogP contribution is -2.42. The number of aryl methyl sites for hydroxylation is 1. The van der Waals surface area contributed by atoms with Gasteiger partial charge in [0.25, 0.3) is 5.56 Å². The first kappa shape index (κ1) is 22.4. The molecular weight excluding hydrogens is 440 g/mol. The first-order valence-electron chi connectivity index (χ1n) is 10.6. The number of rotatable bonds is 4. The molecule has 0 aliphatic carbocycles. The molecule has 0 atom stereocenters. The molecule has 0 saturated carbocycles. The summed E-state index contributed by atoms with van der Waals surface area (Å²) in [5.41, 5.74) is 2.18. The van der Waals surface area contributed by atoms with Crippen LogP contribution < -0.4 is 19.7 Å². The molecule has 1 amide bonds. The number of benzene rings is 1. The Kier molecular flexibility index (Phi) is 6.31. The van der Waals surface area contributed by atoms with Gasteiger partial charge in [0.15, 0.2) is 5.78 Å². The summed E-state index contributed by atoms with van der Waals surface area (Å²) < 4.78 is 2.48. The third kappa shape index (κ3) is 4.69. The van der Waals surface area contributed by atoms with Crippen molar-refractivity contribution in [2.45, 2.75) is 40.2 Å². The maximum absolute atomic E-state index is 13.3. The molecule has 2 aromatic heterocycles. The fourth-order valence-electron chi connectivity index (χ4n) is 3.64. The predicted octanol–water partition coefficient (Wildman–Crippen LogP) is 3.18. The second-order valence-corrected chi connectivity index (χ2v) is 10.8. The molecule has 3 aromatic rings.